The normalized spacial score (nSPS) is 11.6. The summed E-state index contributed by atoms with van der Waals surface area (Å²) in [7, 11) is 0. The number of hydrogen-bond acceptors (Lipinski definition) is 9. The summed E-state index contributed by atoms with van der Waals surface area (Å²) in [6.07, 6.45) is 4.50. The zero-order valence-corrected chi connectivity index (χ0v) is 34.1. The smallest absolute Gasteiger partial charge is 0.253 e. The maximum absolute atomic E-state index is 16.0. The summed E-state index contributed by atoms with van der Waals surface area (Å²) in [6.45, 7) is 2.58. The molecule has 0 unspecified atom stereocenters. The van der Waals surface area contributed by atoms with Crippen molar-refractivity contribution in [1.82, 2.24) is 40.5 Å². The summed E-state index contributed by atoms with van der Waals surface area (Å²) in [5, 5.41) is 5.47. The van der Waals surface area contributed by atoms with Crippen molar-refractivity contribution in [3.05, 3.63) is 154 Å². The molecule has 0 aliphatic rings. The van der Waals surface area contributed by atoms with Crippen LogP contribution in [0.15, 0.2) is 120 Å². The van der Waals surface area contributed by atoms with Gasteiger partial charge >= 0.3 is 0 Å². The number of nitrogens with two attached hydrogens (primary N) is 1. The molecule has 0 saturated carbocycles. The van der Waals surface area contributed by atoms with Gasteiger partial charge in [-0.1, -0.05) is 22.0 Å². The highest BCUT2D eigenvalue weighted by Gasteiger charge is 2.22. The van der Waals surface area contributed by atoms with Gasteiger partial charge in [0.1, 0.15) is 34.3 Å². The van der Waals surface area contributed by atoms with Gasteiger partial charge in [0.05, 0.1) is 33.9 Å². The van der Waals surface area contributed by atoms with Crippen LogP contribution in [0.1, 0.15) is 27.6 Å². The molecule has 4 aromatic carbocycles. The Morgan fingerprint density at radius 2 is 1.02 bits per heavy atom. The van der Waals surface area contributed by atoms with Gasteiger partial charge in [-0.05, 0) is 108 Å². The zero-order chi connectivity index (χ0) is 43.5. The SMILES string of the molecule is C/C(Br)=C\CNC(=O)c1cnc2nc(-c3ccc(F)c(-c4cc(-c5nc6cc(C(=O)NCCN)cnc6nc5-c5ccc(F)cc5)ccc4F)c3)c(-c3ccc(F)cc3)nc2c1. The second kappa shape index (κ2) is 17.7. The first-order valence-electron chi connectivity index (χ1n) is 19.0. The molecule has 2 amide bonds. The van der Waals surface area contributed by atoms with Crippen LogP contribution in [-0.2, 0) is 0 Å². The minimum absolute atomic E-state index is 0.140. The Bertz CT molecular complexity index is 3070. The van der Waals surface area contributed by atoms with E-state index in [1.165, 1.54) is 109 Å². The van der Waals surface area contributed by atoms with Crippen molar-refractivity contribution in [2.45, 2.75) is 6.92 Å². The predicted octanol–water partition coefficient (Wildman–Crippen LogP) is 8.97. The number of aromatic nitrogens is 6. The number of pyridine rings is 2. The first kappa shape index (κ1) is 41.4. The summed E-state index contributed by atoms with van der Waals surface area (Å²) < 4.78 is 61.1. The summed E-state index contributed by atoms with van der Waals surface area (Å²) in [5.74, 6) is -3.31. The molecule has 8 rings (SSSR count). The maximum Gasteiger partial charge on any atom is 0.253 e. The first-order chi connectivity index (χ1) is 29.9. The number of carbonyl (C=O) groups is 2. The van der Waals surface area contributed by atoms with Crippen LogP contribution < -0.4 is 16.4 Å². The lowest BCUT2D eigenvalue weighted by atomic mass is 9.95. The fourth-order valence-corrected chi connectivity index (χ4v) is 6.76. The molecule has 0 saturated heterocycles. The van der Waals surface area contributed by atoms with Crippen molar-refractivity contribution in [1.29, 1.82) is 0 Å². The number of nitrogens with one attached hydrogen (secondary N) is 2. The van der Waals surface area contributed by atoms with Crippen LogP contribution in [0, 0.1) is 23.3 Å². The predicted molar refractivity (Wildman–Crippen MR) is 232 cm³/mol. The molecule has 4 aromatic heterocycles. The Kier molecular flexibility index (Phi) is 11.9. The van der Waals surface area contributed by atoms with Crippen LogP contribution in [0.3, 0.4) is 0 Å². The molecule has 0 radical (unpaired) electrons. The number of carbonyl (C=O) groups excluding carboxylic acids is 2. The van der Waals surface area contributed by atoms with E-state index in [-0.39, 0.29) is 87.0 Å². The summed E-state index contributed by atoms with van der Waals surface area (Å²) >= 11 is 3.33. The number of fused-ring (bicyclic) bond motifs is 2. The van der Waals surface area contributed by atoms with Crippen LogP contribution in [0.5, 0.6) is 0 Å². The minimum Gasteiger partial charge on any atom is -0.351 e. The number of allylic oxidation sites excluding steroid dienone is 1. The number of halogens is 5. The van der Waals surface area contributed by atoms with Gasteiger partial charge in [0.25, 0.3) is 11.8 Å². The largest absolute Gasteiger partial charge is 0.351 e. The molecule has 308 valence electrons. The number of rotatable bonds is 11. The maximum atomic E-state index is 16.0. The van der Waals surface area contributed by atoms with Crippen molar-refractivity contribution in [3.63, 3.8) is 0 Å². The molecule has 0 fully saturated rings. The Morgan fingerprint density at radius 3 is 1.48 bits per heavy atom. The van der Waals surface area contributed by atoms with E-state index in [9.17, 15) is 18.4 Å². The van der Waals surface area contributed by atoms with Crippen LogP contribution >= 0.6 is 15.9 Å². The van der Waals surface area contributed by atoms with Gasteiger partial charge in [0, 0.05) is 65.4 Å². The molecule has 11 nitrogen and oxygen atoms in total. The number of hydrogen-bond donors (Lipinski definition) is 3. The number of nitrogens with zero attached hydrogens (tertiary/aromatic N) is 6. The highest BCUT2D eigenvalue weighted by atomic mass is 79.9. The van der Waals surface area contributed by atoms with Crippen molar-refractivity contribution < 1.29 is 27.2 Å². The third kappa shape index (κ3) is 8.77. The number of amides is 2. The average molecular weight is 899 g/mol. The number of benzene rings is 4. The van der Waals surface area contributed by atoms with E-state index in [1.807, 2.05) is 6.92 Å². The molecule has 8 aromatic rings. The van der Waals surface area contributed by atoms with Crippen molar-refractivity contribution in [3.8, 4) is 56.2 Å². The quantitative estimate of drug-likeness (QED) is 0.108. The van der Waals surface area contributed by atoms with Gasteiger partial charge in [-0.3, -0.25) is 9.59 Å². The Hall–Kier alpha value is -7.30. The topological polar surface area (TPSA) is 162 Å². The fraction of sp³-hybridized carbons (Fsp3) is 0.0870. The van der Waals surface area contributed by atoms with Crippen molar-refractivity contribution >= 4 is 50.1 Å². The standard InChI is InChI=1S/C46H32BrF4N9O2/c1-24(47)14-16-53-45(61)29-20-37-44(56-22-29)60-42(39(57-37)25-2-8-31(48)9-3-25)28-7-13-36(51)34(19-28)33-18-27(6-12-35(33)50)41-40(26-4-10-32(49)11-5-26)59-43-38(58-41)21-30(23-55-43)46(62)54-17-15-52/h2-14,18-23H,15-17,52H2,1H3,(H,53,61)(H,54,62)/b24-14+. The highest BCUT2D eigenvalue weighted by molar-refractivity contribution is 9.11. The van der Waals surface area contributed by atoms with E-state index >= 15 is 8.78 Å². The molecule has 0 atom stereocenters. The molecule has 4 heterocycles. The molecule has 0 spiro atoms. The van der Waals surface area contributed by atoms with Crippen LogP contribution in [0.2, 0.25) is 0 Å². The van der Waals surface area contributed by atoms with E-state index in [0.717, 1.165) is 4.48 Å². The molecule has 0 aliphatic heterocycles. The Morgan fingerprint density at radius 1 is 0.597 bits per heavy atom. The molecular weight excluding hydrogens is 866 g/mol. The van der Waals surface area contributed by atoms with Crippen LogP contribution in [0.25, 0.3) is 78.5 Å². The fourth-order valence-electron chi connectivity index (χ4n) is 6.59. The van der Waals surface area contributed by atoms with Gasteiger partial charge in [0.2, 0.25) is 0 Å². The van der Waals surface area contributed by atoms with E-state index in [1.54, 1.807) is 6.08 Å². The van der Waals surface area contributed by atoms with E-state index in [4.69, 9.17) is 25.7 Å². The summed E-state index contributed by atoms with van der Waals surface area (Å²) in [6, 6.07) is 22.2. The lowest BCUT2D eigenvalue weighted by molar-refractivity contribution is 0.0948. The van der Waals surface area contributed by atoms with Gasteiger partial charge in [-0.15, -0.1) is 0 Å². The second-order valence-electron chi connectivity index (χ2n) is 13.9. The summed E-state index contributed by atoms with van der Waals surface area (Å²) in [5.41, 5.74) is 9.09. The van der Waals surface area contributed by atoms with E-state index in [0.29, 0.717) is 22.3 Å². The Labute approximate surface area is 359 Å². The molecule has 16 heteroatoms. The van der Waals surface area contributed by atoms with Crippen LogP contribution in [0.4, 0.5) is 17.6 Å². The molecule has 0 bridgehead atoms. The third-order valence-corrected chi connectivity index (χ3v) is 9.97. The Balaban J connectivity index is 1.25. The van der Waals surface area contributed by atoms with Crippen molar-refractivity contribution in [2.75, 3.05) is 19.6 Å². The van der Waals surface area contributed by atoms with E-state index < -0.39 is 35.1 Å². The second-order valence-corrected chi connectivity index (χ2v) is 15.2. The molecule has 62 heavy (non-hydrogen) atoms. The average Bonchev–Trinajstić information content (AvgIpc) is 3.27. The molecule has 0 aliphatic carbocycles. The highest BCUT2D eigenvalue weighted by Crippen LogP contribution is 2.38. The van der Waals surface area contributed by atoms with Gasteiger partial charge < -0.3 is 16.4 Å². The summed E-state index contributed by atoms with van der Waals surface area (Å²) in [4.78, 5) is 53.6. The first-order valence-corrected chi connectivity index (χ1v) is 19.8. The third-order valence-electron chi connectivity index (χ3n) is 9.65. The van der Waals surface area contributed by atoms with Gasteiger partial charge in [0.15, 0.2) is 11.3 Å². The van der Waals surface area contributed by atoms with E-state index in [2.05, 4.69) is 36.5 Å². The van der Waals surface area contributed by atoms with Gasteiger partial charge in [-0.2, -0.15) is 0 Å². The van der Waals surface area contributed by atoms with Gasteiger partial charge in [-0.25, -0.2) is 47.5 Å². The van der Waals surface area contributed by atoms with Crippen LogP contribution in [-0.4, -0.2) is 61.4 Å². The lowest BCUT2D eigenvalue weighted by Crippen LogP contribution is -2.29. The minimum atomic E-state index is -0.764. The molecule has 4 N–H and O–H groups in total. The lowest BCUT2D eigenvalue weighted by Gasteiger charge is -2.14. The van der Waals surface area contributed by atoms with Crippen molar-refractivity contribution in [2.24, 2.45) is 5.73 Å². The zero-order valence-electron chi connectivity index (χ0n) is 32.6. The monoisotopic (exact) mass is 897 g/mol. The molecular formula is C46H32BrF4N9O2.